The van der Waals surface area contributed by atoms with Gasteiger partial charge >= 0.3 is 11.0 Å². The van der Waals surface area contributed by atoms with Gasteiger partial charge in [0.25, 0.3) is 0 Å². The Labute approximate surface area is 102 Å². The fourth-order valence-electron chi connectivity index (χ4n) is 1.00. The molecule has 0 amide bonds. The quantitative estimate of drug-likeness (QED) is 0.508. The summed E-state index contributed by atoms with van der Waals surface area (Å²) < 4.78 is 4.45. The van der Waals surface area contributed by atoms with Crippen LogP contribution in [0.2, 0.25) is 0 Å². The van der Waals surface area contributed by atoms with Crippen molar-refractivity contribution in [1.82, 2.24) is 0 Å². The van der Waals surface area contributed by atoms with Gasteiger partial charge in [-0.25, -0.2) is 0 Å². The van der Waals surface area contributed by atoms with Crippen LogP contribution in [0.25, 0.3) is 0 Å². The average Bonchev–Trinajstić information content (AvgIpc) is 2.66. The van der Waals surface area contributed by atoms with E-state index in [0.29, 0.717) is 4.88 Å². The number of ether oxygens (including phenoxy) is 1. The molecule has 0 bridgehead atoms. The minimum Gasteiger partial charge on any atom is -0.469 e. The van der Waals surface area contributed by atoms with Gasteiger partial charge in [-0.1, -0.05) is 11.3 Å². The molecule has 0 saturated heterocycles. The lowest BCUT2D eigenvalue weighted by atomic mass is 10.2. The van der Waals surface area contributed by atoms with E-state index in [1.807, 2.05) is 0 Å². The summed E-state index contributed by atoms with van der Waals surface area (Å²) in [6, 6.07) is 2.38. The fourth-order valence-corrected chi connectivity index (χ4v) is 1.83. The van der Waals surface area contributed by atoms with Crippen LogP contribution in [0.4, 0.5) is 5.00 Å². The Bertz CT molecular complexity index is 382. The highest BCUT2D eigenvalue weighted by Gasteiger charge is 2.17. The van der Waals surface area contributed by atoms with Gasteiger partial charge in [-0.05, 0) is 6.07 Å². The predicted molar refractivity (Wildman–Crippen MR) is 61.8 cm³/mol. The summed E-state index contributed by atoms with van der Waals surface area (Å²) in [7, 11) is 1.27. The third-order valence-electron chi connectivity index (χ3n) is 1.77. The van der Waals surface area contributed by atoms with Crippen molar-refractivity contribution in [2.75, 3.05) is 7.11 Å². The van der Waals surface area contributed by atoms with Crippen LogP contribution in [0, 0.1) is 10.1 Å². The molecule has 1 rings (SSSR count). The molecule has 2 N–H and O–H groups in total. The van der Waals surface area contributed by atoms with Crippen LogP contribution in [0.3, 0.4) is 0 Å². The Hall–Kier alpha value is -1.18. The predicted octanol–water partition coefficient (Wildman–Crippen LogP) is 1.64. The maximum absolute atomic E-state index is 10.9. The minimum atomic E-state index is -0.545. The first kappa shape index (κ1) is 14.8. The molecular weight excluding hydrogens is 256 g/mol. The van der Waals surface area contributed by atoms with Gasteiger partial charge in [0.05, 0.1) is 18.5 Å². The number of hydrogen-bond donors (Lipinski definition) is 1. The minimum absolute atomic E-state index is 0. The first-order valence-corrected chi connectivity index (χ1v) is 4.92. The van der Waals surface area contributed by atoms with Crippen molar-refractivity contribution in [1.29, 1.82) is 0 Å². The molecular formula is C8H11ClN2O4S. The van der Waals surface area contributed by atoms with Gasteiger partial charge in [0.2, 0.25) is 0 Å². The van der Waals surface area contributed by atoms with Gasteiger partial charge in [-0.3, -0.25) is 14.9 Å². The molecule has 8 heteroatoms. The topological polar surface area (TPSA) is 95.5 Å². The largest absolute Gasteiger partial charge is 0.469 e. The van der Waals surface area contributed by atoms with E-state index in [0.717, 1.165) is 11.3 Å². The highest BCUT2D eigenvalue weighted by molar-refractivity contribution is 7.15. The molecule has 16 heavy (non-hydrogen) atoms. The molecule has 0 aliphatic rings. The second kappa shape index (κ2) is 6.41. The van der Waals surface area contributed by atoms with Crippen molar-refractivity contribution in [2.24, 2.45) is 5.73 Å². The molecule has 0 radical (unpaired) electrons. The summed E-state index contributed by atoms with van der Waals surface area (Å²) >= 11 is 0.970. The maximum atomic E-state index is 10.9. The Morgan fingerprint density at radius 2 is 2.31 bits per heavy atom. The fraction of sp³-hybridized carbons (Fsp3) is 0.375. The first-order valence-electron chi connectivity index (χ1n) is 4.11. The van der Waals surface area contributed by atoms with Crippen molar-refractivity contribution in [2.45, 2.75) is 12.5 Å². The molecule has 0 fully saturated rings. The molecule has 0 spiro atoms. The van der Waals surface area contributed by atoms with Gasteiger partial charge < -0.3 is 10.5 Å². The van der Waals surface area contributed by atoms with Crippen molar-refractivity contribution in [3.8, 4) is 0 Å². The van der Waals surface area contributed by atoms with Crippen molar-refractivity contribution in [3.05, 3.63) is 27.1 Å². The monoisotopic (exact) mass is 266 g/mol. The maximum Gasteiger partial charge on any atom is 0.324 e. The Balaban J connectivity index is 0.00000225. The number of rotatable bonds is 4. The second-order valence-electron chi connectivity index (χ2n) is 2.82. The number of halogens is 1. The van der Waals surface area contributed by atoms with Crippen LogP contribution in [-0.2, 0) is 9.53 Å². The van der Waals surface area contributed by atoms with Gasteiger partial charge in [-0.15, -0.1) is 12.4 Å². The van der Waals surface area contributed by atoms with E-state index < -0.39 is 16.9 Å². The van der Waals surface area contributed by atoms with Gasteiger partial charge in [0.15, 0.2) is 0 Å². The Morgan fingerprint density at radius 3 is 2.75 bits per heavy atom. The third kappa shape index (κ3) is 3.76. The van der Waals surface area contributed by atoms with E-state index in [1.54, 1.807) is 6.07 Å². The number of carbonyl (C=O) groups excluding carboxylic acids is 1. The number of nitrogens with zero attached hydrogens (tertiary/aromatic N) is 1. The van der Waals surface area contributed by atoms with Crippen molar-refractivity contribution < 1.29 is 14.5 Å². The van der Waals surface area contributed by atoms with E-state index in [4.69, 9.17) is 5.73 Å². The van der Waals surface area contributed by atoms with Crippen LogP contribution in [0.5, 0.6) is 0 Å². The molecule has 6 nitrogen and oxygen atoms in total. The molecule has 0 aromatic carbocycles. The standard InChI is InChI=1S/C8H10N2O4S.ClH/c1-14-8(11)4-5(9)6-2-3-7(15-6)10(12)13;/h2-3,5H,4,9H2,1H3;1H/t5-;/m0./s1. The molecule has 1 heterocycles. The van der Waals surface area contributed by atoms with E-state index >= 15 is 0 Å². The van der Waals surface area contributed by atoms with Crippen LogP contribution in [0.1, 0.15) is 17.3 Å². The summed E-state index contributed by atoms with van der Waals surface area (Å²) in [5.74, 6) is -0.432. The highest BCUT2D eigenvalue weighted by atomic mass is 35.5. The van der Waals surface area contributed by atoms with E-state index in [2.05, 4.69) is 4.74 Å². The lowest BCUT2D eigenvalue weighted by molar-refractivity contribution is -0.380. The number of nitrogens with two attached hydrogens (primary N) is 1. The first-order chi connectivity index (χ1) is 7.04. The number of hydrogen-bond acceptors (Lipinski definition) is 6. The third-order valence-corrected chi connectivity index (χ3v) is 2.94. The van der Waals surface area contributed by atoms with E-state index in [1.165, 1.54) is 13.2 Å². The van der Waals surface area contributed by atoms with Crippen LogP contribution in [0.15, 0.2) is 12.1 Å². The molecule has 90 valence electrons. The zero-order valence-electron chi connectivity index (χ0n) is 8.41. The van der Waals surface area contributed by atoms with Crippen molar-refractivity contribution >= 4 is 34.7 Å². The average molecular weight is 267 g/mol. The number of nitro groups is 1. The van der Waals surface area contributed by atoms with Gasteiger partial charge in [0.1, 0.15) is 0 Å². The second-order valence-corrected chi connectivity index (χ2v) is 3.91. The van der Waals surface area contributed by atoms with Crippen LogP contribution < -0.4 is 5.73 Å². The summed E-state index contributed by atoms with van der Waals surface area (Å²) in [6.07, 6.45) is 0.0220. The molecule has 0 aliphatic carbocycles. The lowest BCUT2D eigenvalue weighted by Crippen LogP contribution is -2.15. The van der Waals surface area contributed by atoms with Crippen molar-refractivity contribution in [3.63, 3.8) is 0 Å². The SMILES string of the molecule is COC(=O)C[C@H](N)c1ccc([N+](=O)[O-])s1.Cl. The summed E-state index contributed by atoms with van der Waals surface area (Å²) in [4.78, 5) is 21.4. The summed E-state index contributed by atoms with van der Waals surface area (Å²) in [6.45, 7) is 0. The molecule has 1 aromatic rings. The normalized spacial score (nSPS) is 11.4. The van der Waals surface area contributed by atoms with Gasteiger partial charge in [0, 0.05) is 17.0 Å². The molecule has 0 unspecified atom stereocenters. The molecule has 1 atom stereocenters. The van der Waals surface area contributed by atoms with Crippen LogP contribution in [-0.4, -0.2) is 18.0 Å². The number of methoxy groups -OCH3 is 1. The summed E-state index contributed by atoms with van der Waals surface area (Å²) in [5, 5.41) is 10.4. The summed E-state index contributed by atoms with van der Waals surface area (Å²) in [5.41, 5.74) is 5.67. The smallest absolute Gasteiger partial charge is 0.324 e. The number of carbonyl (C=O) groups is 1. The Kier molecular flexibility index (Phi) is 5.94. The zero-order valence-corrected chi connectivity index (χ0v) is 10.0. The molecule has 0 aliphatic heterocycles. The van der Waals surface area contributed by atoms with Gasteiger partial charge in [-0.2, -0.15) is 0 Å². The lowest BCUT2D eigenvalue weighted by Gasteiger charge is -2.06. The van der Waals surface area contributed by atoms with E-state index in [-0.39, 0.29) is 23.8 Å². The Morgan fingerprint density at radius 1 is 1.69 bits per heavy atom. The number of thiophene rings is 1. The van der Waals surface area contributed by atoms with Crippen LogP contribution >= 0.6 is 23.7 Å². The molecule has 1 aromatic heterocycles. The number of esters is 1. The van der Waals surface area contributed by atoms with E-state index in [9.17, 15) is 14.9 Å². The molecule has 0 saturated carbocycles. The zero-order chi connectivity index (χ0) is 11.4. The highest BCUT2D eigenvalue weighted by Crippen LogP contribution is 2.29.